The lowest BCUT2D eigenvalue weighted by atomic mass is 10.1. The third kappa shape index (κ3) is 4.62. The molecule has 5 aromatic rings. The van der Waals surface area contributed by atoms with E-state index in [0.717, 1.165) is 61.9 Å². The maximum absolute atomic E-state index is 5.13. The highest BCUT2D eigenvalue weighted by molar-refractivity contribution is 6.19. The number of quaternary nitrogens is 1. The second-order valence-corrected chi connectivity index (χ2v) is 12.3. The number of aromatic nitrogens is 1. The number of hydrogen-bond donors (Lipinski definition) is 0. The molecule has 1 unspecified atom stereocenters. The average molecular weight is 618 g/mol. The Morgan fingerprint density at radius 2 is 1.10 bits per heavy atom. The Kier molecular flexibility index (Phi) is 6.74. The van der Waals surface area contributed by atoms with E-state index in [1.807, 2.05) is 0 Å². The number of benzene rings is 4. The van der Waals surface area contributed by atoms with Crippen LogP contribution in [0.1, 0.15) is 0 Å². The van der Waals surface area contributed by atoms with Crippen LogP contribution >= 0.6 is 0 Å². The van der Waals surface area contributed by atoms with E-state index in [2.05, 4.69) is 204 Å². The Morgan fingerprint density at radius 3 is 1.77 bits per heavy atom. The number of allylic oxidation sites excluding steroid dienone is 7. The molecule has 0 spiro atoms. The Hall–Kier alpha value is -6.23. The van der Waals surface area contributed by atoms with Crippen molar-refractivity contribution in [2.24, 2.45) is 4.99 Å². The molecule has 8 bridgehead atoms. The molecule has 4 nitrogen and oxygen atoms in total. The molecular formula is C44H33N4+. The molecule has 0 amide bonds. The minimum Gasteiger partial charge on any atom is -0.331 e. The fourth-order valence-corrected chi connectivity index (χ4v) is 7.35. The van der Waals surface area contributed by atoms with Crippen LogP contribution in [0.2, 0.25) is 0 Å². The van der Waals surface area contributed by atoms with E-state index >= 15 is 0 Å². The van der Waals surface area contributed by atoms with Gasteiger partial charge in [0.2, 0.25) is 0 Å². The average Bonchev–Trinajstić information content (AvgIpc) is 3.93. The zero-order valence-corrected chi connectivity index (χ0v) is 26.3. The first-order chi connectivity index (χ1) is 23.8. The van der Waals surface area contributed by atoms with Crippen LogP contribution in [0.4, 0.5) is 17.1 Å². The molecule has 5 heterocycles. The quantitative estimate of drug-likeness (QED) is 0.186. The lowest BCUT2D eigenvalue weighted by Gasteiger charge is -2.36. The van der Waals surface area contributed by atoms with Gasteiger partial charge in [-0.1, -0.05) is 78.9 Å². The molecule has 4 aromatic carbocycles. The normalized spacial score (nSPS) is 18.7. The fraction of sp³-hybridized carbons (Fsp3) is 0.0227. The summed E-state index contributed by atoms with van der Waals surface area (Å²) in [7, 11) is 0. The van der Waals surface area contributed by atoms with Gasteiger partial charge in [-0.3, -0.25) is 0 Å². The predicted molar refractivity (Wildman–Crippen MR) is 199 cm³/mol. The van der Waals surface area contributed by atoms with Crippen LogP contribution in [-0.4, -0.2) is 16.3 Å². The molecule has 0 aliphatic carbocycles. The van der Waals surface area contributed by atoms with Gasteiger partial charge >= 0.3 is 0 Å². The van der Waals surface area contributed by atoms with Crippen LogP contribution in [0.3, 0.4) is 0 Å². The molecule has 4 heteroatoms. The van der Waals surface area contributed by atoms with Gasteiger partial charge in [0, 0.05) is 76.3 Å². The van der Waals surface area contributed by atoms with E-state index < -0.39 is 0 Å². The van der Waals surface area contributed by atoms with Crippen LogP contribution in [0.5, 0.6) is 0 Å². The summed E-state index contributed by atoms with van der Waals surface area (Å²) in [4.78, 5) is 7.57. The van der Waals surface area contributed by atoms with Gasteiger partial charge in [-0.2, -0.15) is 4.48 Å². The molecule has 1 aromatic heterocycles. The van der Waals surface area contributed by atoms with Crippen molar-refractivity contribution in [1.29, 1.82) is 0 Å². The number of para-hydroxylation sites is 4. The minimum absolute atomic E-state index is 0.00299. The molecule has 0 saturated carbocycles. The molecule has 0 fully saturated rings. The summed E-state index contributed by atoms with van der Waals surface area (Å²) in [6.07, 6.45) is 22.5. The van der Waals surface area contributed by atoms with Gasteiger partial charge in [-0.25, -0.2) is 4.99 Å². The SMILES string of the molecule is C1=CC2=NC1=CC1=CC=C(C=C3C=CC(C=c4ccc(n4-c4ccccc4)=C2)N3c2ccccc2)[N+]1(c1ccccc1)c1ccccc1. The number of hydrogen-bond acceptors (Lipinski definition) is 2. The van der Waals surface area contributed by atoms with E-state index in [1.165, 1.54) is 0 Å². The highest BCUT2D eigenvalue weighted by Gasteiger charge is 2.44. The van der Waals surface area contributed by atoms with E-state index in [4.69, 9.17) is 4.99 Å². The molecule has 0 N–H and O–H groups in total. The Bertz CT molecular complexity index is 2330. The second-order valence-electron chi connectivity index (χ2n) is 12.3. The van der Waals surface area contributed by atoms with Crippen molar-refractivity contribution in [3.63, 3.8) is 0 Å². The third-order valence-electron chi connectivity index (χ3n) is 9.43. The molecule has 0 saturated heterocycles. The molecule has 228 valence electrons. The van der Waals surface area contributed by atoms with Crippen LogP contribution < -0.4 is 20.1 Å². The lowest BCUT2D eigenvalue weighted by molar-refractivity contribution is 0.613. The lowest BCUT2D eigenvalue weighted by Crippen LogP contribution is -2.39. The van der Waals surface area contributed by atoms with Gasteiger partial charge in [-0.05, 0) is 66.8 Å². The summed E-state index contributed by atoms with van der Waals surface area (Å²) < 4.78 is 2.77. The van der Waals surface area contributed by atoms with Crippen molar-refractivity contribution in [2.45, 2.75) is 6.04 Å². The monoisotopic (exact) mass is 617 g/mol. The van der Waals surface area contributed by atoms with Gasteiger partial charge < -0.3 is 9.47 Å². The fourth-order valence-electron chi connectivity index (χ4n) is 7.35. The molecule has 4 aliphatic heterocycles. The van der Waals surface area contributed by atoms with Gasteiger partial charge in [0.1, 0.15) is 17.1 Å². The van der Waals surface area contributed by atoms with Gasteiger partial charge in [0.05, 0.1) is 17.5 Å². The number of nitrogens with zero attached hydrogens (tertiary/aromatic N) is 4. The summed E-state index contributed by atoms with van der Waals surface area (Å²) in [6.45, 7) is 0. The highest BCUT2D eigenvalue weighted by Crippen LogP contribution is 2.49. The van der Waals surface area contributed by atoms with Crippen molar-refractivity contribution in [1.82, 2.24) is 9.05 Å². The molecule has 0 radical (unpaired) electrons. The van der Waals surface area contributed by atoms with Gasteiger partial charge in [-0.15, -0.1) is 0 Å². The Labute approximate surface area is 280 Å². The van der Waals surface area contributed by atoms with Crippen molar-refractivity contribution >= 4 is 34.9 Å². The van der Waals surface area contributed by atoms with Crippen LogP contribution in [0.25, 0.3) is 17.8 Å². The molecule has 4 aliphatic rings. The van der Waals surface area contributed by atoms with Crippen LogP contribution in [-0.2, 0) is 0 Å². The number of anilines is 1. The summed E-state index contributed by atoms with van der Waals surface area (Å²) in [5.74, 6) is 0. The van der Waals surface area contributed by atoms with Crippen molar-refractivity contribution in [3.8, 4) is 5.69 Å². The van der Waals surface area contributed by atoms with Crippen LogP contribution in [0, 0.1) is 0 Å². The zero-order valence-electron chi connectivity index (χ0n) is 26.3. The Morgan fingerprint density at radius 1 is 0.521 bits per heavy atom. The first-order valence-corrected chi connectivity index (χ1v) is 16.4. The third-order valence-corrected chi connectivity index (χ3v) is 9.43. The zero-order chi connectivity index (χ0) is 31.9. The number of fused-ring (bicyclic) bond motifs is 7. The van der Waals surface area contributed by atoms with Gasteiger partial charge in [0.15, 0.2) is 5.70 Å². The summed E-state index contributed by atoms with van der Waals surface area (Å²) in [5.41, 5.74) is 9.84. The summed E-state index contributed by atoms with van der Waals surface area (Å²) in [5, 5.41) is 2.20. The van der Waals surface area contributed by atoms with Gasteiger partial charge in [0.25, 0.3) is 0 Å². The number of rotatable bonds is 4. The van der Waals surface area contributed by atoms with E-state index in [-0.39, 0.29) is 6.04 Å². The topological polar surface area (TPSA) is 20.5 Å². The number of aliphatic imine (C=N–C) groups is 1. The summed E-state index contributed by atoms with van der Waals surface area (Å²) >= 11 is 0. The maximum atomic E-state index is 5.13. The van der Waals surface area contributed by atoms with E-state index in [9.17, 15) is 0 Å². The standard InChI is InChI=1S/C44H33N4/c1-5-13-35(14-6-1)46-37-23-24-38(46)31-39-25-26-40(47(39)36-15-7-2-8-16-36)32-44-28-27-43(30-34-22-21-33(29-37)45-34)48(44,41-17-9-3-10-18-41)42-19-11-4-12-20-42/h1-32,39H/q+1. The molecule has 9 rings (SSSR count). The summed E-state index contributed by atoms with van der Waals surface area (Å²) in [6, 6.07) is 47.3. The Balaban J connectivity index is 1.34. The predicted octanol–water partition coefficient (Wildman–Crippen LogP) is 8.40. The molecule has 1 atom stereocenters. The first-order valence-electron chi connectivity index (χ1n) is 16.4. The van der Waals surface area contributed by atoms with Crippen molar-refractivity contribution in [2.75, 3.05) is 4.90 Å². The smallest absolute Gasteiger partial charge is 0.150 e. The molecular weight excluding hydrogens is 585 g/mol. The minimum atomic E-state index is -0.00299. The van der Waals surface area contributed by atoms with Crippen molar-refractivity contribution < 1.29 is 0 Å². The van der Waals surface area contributed by atoms with Crippen molar-refractivity contribution in [3.05, 3.63) is 216 Å². The van der Waals surface area contributed by atoms with E-state index in [1.54, 1.807) is 0 Å². The largest absolute Gasteiger partial charge is 0.331 e. The molecule has 48 heavy (non-hydrogen) atoms. The second kappa shape index (κ2) is 11.5. The van der Waals surface area contributed by atoms with E-state index in [0.29, 0.717) is 4.48 Å². The first kappa shape index (κ1) is 28.0. The maximum Gasteiger partial charge on any atom is 0.150 e. The highest BCUT2D eigenvalue weighted by atomic mass is 15.4. The van der Waals surface area contributed by atoms with Crippen LogP contribution in [0.15, 0.2) is 210 Å².